The number of nitrogens with one attached hydrogen (secondary N) is 1. The lowest BCUT2D eigenvalue weighted by atomic mass is 10.1. The minimum atomic E-state index is -1.34. The number of carboxylic acids is 1. The van der Waals surface area contributed by atoms with Gasteiger partial charge in [-0.15, -0.1) is 0 Å². The van der Waals surface area contributed by atoms with E-state index < -0.39 is 23.8 Å². The molecule has 0 saturated heterocycles. The number of carbonyl (C=O) groups excluding carboxylic acids is 1. The Morgan fingerprint density at radius 3 is 2.72 bits per heavy atom. The van der Waals surface area contributed by atoms with Crippen LogP contribution in [0, 0.1) is 12.7 Å². The summed E-state index contributed by atoms with van der Waals surface area (Å²) in [6.45, 7) is 1.43. The van der Waals surface area contributed by atoms with Gasteiger partial charge in [-0.05, 0) is 50.1 Å². The molecule has 0 radical (unpaired) electrons. The van der Waals surface area contributed by atoms with E-state index in [1.54, 1.807) is 13.0 Å². The van der Waals surface area contributed by atoms with Crippen LogP contribution in [0.1, 0.15) is 40.5 Å². The van der Waals surface area contributed by atoms with Gasteiger partial charge < -0.3 is 19.7 Å². The maximum atomic E-state index is 13.0. The lowest BCUT2D eigenvalue weighted by Gasteiger charge is -2.16. The Morgan fingerprint density at radius 1 is 1.34 bits per heavy atom. The highest BCUT2D eigenvalue weighted by Crippen LogP contribution is 2.40. The molecule has 0 bridgehead atoms. The van der Waals surface area contributed by atoms with Crippen LogP contribution in [0.3, 0.4) is 0 Å². The molecule has 1 amide bonds. The number of carbonyl (C=O) groups is 2. The molecule has 8 nitrogen and oxygen atoms in total. The van der Waals surface area contributed by atoms with Gasteiger partial charge in [0.05, 0.1) is 23.2 Å². The van der Waals surface area contributed by atoms with Crippen LogP contribution in [-0.2, 0) is 4.79 Å². The van der Waals surface area contributed by atoms with Crippen molar-refractivity contribution in [2.45, 2.75) is 31.8 Å². The molecular formula is C20H18FN3O5. The van der Waals surface area contributed by atoms with Gasteiger partial charge in [-0.3, -0.25) is 4.79 Å². The standard InChI is InChI=1S/C20H18FN3O5/c1-10-17-14(8-15(11-2-3-11)23-19(17)29-24-10)18(25)22-9-16(20(26)27)28-13-6-4-12(21)5-7-13/h4-8,11,16H,2-3,9H2,1H3,(H,22,25)(H,26,27). The molecule has 3 aromatic rings. The van der Waals surface area contributed by atoms with E-state index in [-0.39, 0.29) is 18.0 Å². The van der Waals surface area contributed by atoms with Crippen LogP contribution in [-0.4, -0.2) is 39.8 Å². The van der Waals surface area contributed by atoms with Gasteiger partial charge in [0.25, 0.3) is 11.6 Å². The van der Waals surface area contributed by atoms with Crippen molar-refractivity contribution in [3.05, 3.63) is 53.1 Å². The maximum absolute atomic E-state index is 13.0. The minimum Gasteiger partial charge on any atom is -0.478 e. The van der Waals surface area contributed by atoms with Gasteiger partial charge in [-0.1, -0.05) is 5.16 Å². The van der Waals surface area contributed by atoms with Gasteiger partial charge >= 0.3 is 5.97 Å². The van der Waals surface area contributed by atoms with E-state index in [1.165, 1.54) is 12.1 Å². The molecule has 2 aromatic heterocycles. The van der Waals surface area contributed by atoms with Crippen LogP contribution >= 0.6 is 0 Å². The third-order valence-electron chi connectivity index (χ3n) is 4.69. The number of hydrogen-bond acceptors (Lipinski definition) is 6. The zero-order valence-corrected chi connectivity index (χ0v) is 15.5. The van der Waals surface area contributed by atoms with E-state index in [4.69, 9.17) is 9.26 Å². The number of amides is 1. The largest absolute Gasteiger partial charge is 0.478 e. The monoisotopic (exact) mass is 399 g/mol. The highest BCUT2D eigenvalue weighted by atomic mass is 19.1. The van der Waals surface area contributed by atoms with Crippen LogP contribution in [0.25, 0.3) is 11.1 Å². The summed E-state index contributed by atoms with van der Waals surface area (Å²) in [5.41, 5.74) is 1.91. The highest BCUT2D eigenvalue weighted by molar-refractivity contribution is 6.06. The fourth-order valence-electron chi connectivity index (χ4n) is 3.02. The number of ether oxygens (including phenoxy) is 1. The Hall–Kier alpha value is -3.49. The summed E-state index contributed by atoms with van der Waals surface area (Å²) in [6.07, 6.45) is 0.659. The van der Waals surface area contributed by atoms with Gasteiger partial charge in [0.2, 0.25) is 6.10 Å². The number of hydrogen-bond donors (Lipinski definition) is 2. The third kappa shape index (κ3) is 4.03. The normalized spacial score (nSPS) is 14.6. The highest BCUT2D eigenvalue weighted by Gasteiger charge is 2.29. The lowest BCUT2D eigenvalue weighted by Crippen LogP contribution is -2.40. The van der Waals surface area contributed by atoms with Crippen molar-refractivity contribution in [2.75, 3.05) is 6.54 Å². The molecule has 2 heterocycles. The van der Waals surface area contributed by atoms with Crippen molar-refractivity contribution in [1.29, 1.82) is 0 Å². The predicted octanol–water partition coefficient (Wildman–Crippen LogP) is 2.81. The van der Waals surface area contributed by atoms with Crippen LogP contribution < -0.4 is 10.1 Å². The molecule has 1 aliphatic carbocycles. The van der Waals surface area contributed by atoms with E-state index in [1.807, 2.05) is 0 Å². The maximum Gasteiger partial charge on any atom is 0.346 e. The molecule has 0 aliphatic heterocycles. The smallest absolute Gasteiger partial charge is 0.346 e. The number of rotatable bonds is 7. The van der Waals surface area contributed by atoms with Crippen molar-refractivity contribution in [3.63, 3.8) is 0 Å². The topological polar surface area (TPSA) is 115 Å². The van der Waals surface area contributed by atoms with E-state index in [0.29, 0.717) is 22.6 Å². The van der Waals surface area contributed by atoms with Gasteiger partial charge in [0, 0.05) is 11.6 Å². The predicted molar refractivity (Wildman–Crippen MR) is 99.3 cm³/mol. The lowest BCUT2D eigenvalue weighted by molar-refractivity contribution is -0.144. The first-order valence-corrected chi connectivity index (χ1v) is 9.12. The summed E-state index contributed by atoms with van der Waals surface area (Å²) in [6, 6.07) is 6.67. The summed E-state index contributed by atoms with van der Waals surface area (Å²) < 4.78 is 23.6. The average Bonchev–Trinajstić information content (AvgIpc) is 3.49. The number of nitrogens with zero attached hydrogens (tertiary/aromatic N) is 2. The average molecular weight is 399 g/mol. The number of pyridine rings is 1. The van der Waals surface area contributed by atoms with Crippen molar-refractivity contribution in [3.8, 4) is 5.75 Å². The van der Waals surface area contributed by atoms with Crippen LogP contribution in [0.5, 0.6) is 5.75 Å². The molecule has 1 atom stereocenters. The molecule has 4 rings (SSSR count). The number of halogens is 1. The van der Waals surface area contributed by atoms with Gasteiger partial charge in [0.15, 0.2) is 0 Å². The Bertz CT molecular complexity index is 1080. The second kappa shape index (κ2) is 7.50. The fraction of sp³-hybridized carbons (Fsp3) is 0.300. The Morgan fingerprint density at radius 2 is 2.07 bits per heavy atom. The van der Waals surface area contributed by atoms with E-state index in [9.17, 15) is 19.1 Å². The van der Waals surface area contributed by atoms with Crippen LogP contribution in [0.15, 0.2) is 34.9 Å². The number of aliphatic carboxylic acids is 1. The molecule has 1 aliphatic rings. The molecule has 1 saturated carbocycles. The number of aromatic nitrogens is 2. The first-order chi connectivity index (χ1) is 13.9. The molecule has 150 valence electrons. The number of fused-ring (bicyclic) bond motifs is 1. The molecular weight excluding hydrogens is 381 g/mol. The van der Waals surface area contributed by atoms with Gasteiger partial charge in [-0.2, -0.15) is 0 Å². The van der Waals surface area contributed by atoms with Crippen LogP contribution in [0.2, 0.25) is 0 Å². The van der Waals surface area contributed by atoms with Gasteiger partial charge in [0.1, 0.15) is 11.6 Å². The van der Waals surface area contributed by atoms with Gasteiger partial charge in [-0.25, -0.2) is 14.2 Å². The van der Waals surface area contributed by atoms with E-state index in [2.05, 4.69) is 15.5 Å². The van der Waals surface area contributed by atoms with Crippen molar-refractivity contribution < 1.29 is 28.3 Å². The van der Waals surface area contributed by atoms with Crippen molar-refractivity contribution in [1.82, 2.24) is 15.5 Å². The SMILES string of the molecule is Cc1noc2nc(C3CC3)cc(C(=O)NCC(Oc3ccc(F)cc3)C(=O)O)c12. The molecule has 1 fully saturated rings. The summed E-state index contributed by atoms with van der Waals surface area (Å²) >= 11 is 0. The minimum absolute atomic E-state index is 0.185. The first-order valence-electron chi connectivity index (χ1n) is 9.12. The summed E-state index contributed by atoms with van der Waals surface area (Å²) in [5, 5.41) is 16.4. The fourth-order valence-corrected chi connectivity index (χ4v) is 3.02. The van der Waals surface area contributed by atoms with E-state index >= 15 is 0 Å². The second-order valence-corrected chi connectivity index (χ2v) is 6.93. The molecule has 1 aromatic carbocycles. The quantitative estimate of drug-likeness (QED) is 0.628. The molecule has 1 unspecified atom stereocenters. The zero-order chi connectivity index (χ0) is 20.5. The van der Waals surface area contributed by atoms with E-state index in [0.717, 1.165) is 30.7 Å². The Kier molecular flexibility index (Phi) is 4.87. The summed E-state index contributed by atoms with van der Waals surface area (Å²) in [7, 11) is 0. The molecule has 9 heteroatoms. The van der Waals surface area contributed by atoms with Crippen molar-refractivity contribution in [2.24, 2.45) is 0 Å². The Balaban J connectivity index is 1.53. The third-order valence-corrected chi connectivity index (χ3v) is 4.69. The number of aryl methyl sites for hydroxylation is 1. The number of benzene rings is 1. The zero-order valence-electron chi connectivity index (χ0n) is 15.5. The van der Waals surface area contributed by atoms with Crippen LogP contribution in [0.4, 0.5) is 4.39 Å². The molecule has 0 spiro atoms. The summed E-state index contributed by atoms with van der Waals surface area (Å²) in [5.74, 6) is -1.71. The van der Waals surface area contributed by atoms with Crippen molar-refractivity contribution >= 4 is 23.0 Å². The summed E-state index contributed by atoms with van der Waals surface area (Å²) in [4.78, 5) is 28.8. The molecule has 2 N–H and O–H groups in total. The Labute approximate surface area is 164 Å². The number of carboxylic acid groups (broad SMARTS) is 1. The second-order valence-electron chi connectivity index (χ2n) is 6.93. The first kappa shape index (κ1) is 18.9. The molecule has 29 heavy (non-hydrogen) atoms.